The first-order chi connectivity index (χ1) is 9.63. The number of H-pyrrole nitrogens is 2. The zero-order valence-corrected chi connectivity index (χ0v) is 11.5. The summed E-state index contributed by atoms with van der Waals surface area (Å²) in [6.45, 7) is 2.79. The topological polar surface area (TPSA) is 78.5 Å². The minimum atomic E-state index is -0.175. The first kappa shape index (κ1) is 12.7. The molecular formula is C14H17N5O. The van der Waals surface area contributed by atoms with Gasteiger partial charge in [-0.2, -0.15) is 0 Å². The highest BCUT2D eigenvalue weighted by atomic mass is 16.1. The predicted octanol–water partition coefficient (Wildman–Crippen LogP) is 1.44. The lowest BCUT2D eigenvalue weighted by Gasteiger charge is -2.14. The van der Waals surface area contributed by atoms with Gasteiger partial charge in [-0.1, -0.05) is 6.07 Å². The molecule has 104 valence electrons. The predicted molar refractivity (Wildman–Crippen MR) is 77.4 cm³/mol. The van der Waals surface area contributed by atoms with E-state index in [0.29, 0.717) is 6.54 Å². The lowest BCUT2D eigenvalue weighted by Crippen LogP contribution is -2.20. The van der Waals surface area contributed by atoms with Gasteiger partial charge in [-0.3, -0.25) is 0 Å². The van der Waals surface area contributed by atoms with Gasteiger partial charge >= 0.3 is 5.69 Å². The van der Waals surface area contributed by atoms with Crippen LogP contribution in [0, 0.1) is 0 Å². The third kappa shape index (κ3) is 2.37. The number of aromatic nitrogens is 4. The average Bonchev–Trinajstić information content (AvgIpc) is 2.99. The number of nitrogens with one attached hydrogen (secondary N) is 3. The molecule has 3 aromatic rings. The van der Waals surface area contributed by atoms with Gasteiger partial charge in [0.1, 0.15) is 5.82 Å². The van der Waals surface area contributed by atoms with Crippen LogP contribution in [0.3, 0.4) is 0 Å². The lowest BCUT2D eigenvalue weighted by molar-refractivity contribution is 0.549. The zero-order chi connectivity index (χ0) is 14.1. The molecule has 0 saturated heterocycles. The van der Waals surface area contributed by atoms with Crippen molar-refractivity contribution >= 4 is 11.0 Å². The molecule has 6 heteroatoms. The molecule has 0 aliphatic carbocycles. The minimum Gasteiger partial charge on any atom is -0.337 e. The summed E-state index contributed by atoms with van der Waals surface area (Å²) < 4.78 is 1.99. The highest BCUT2D eigenvalue weighted by Gasteiger charge is 2.08. The van der Waals surface area contributed by atoms with Crippen molar-refractivity contribution in [2.75, 3.05) is 0 Å². The fraction of sp³-hybridized carbons (Fsp3) is 0.286. The second-order valence-corrected chi connectivity index (χ2v) is 4.94. The van der Waals surface area contributed by atoms with Gasteiger partial charge in [-0.15, -0.1) is 0 Å². The summed E-state index contributed by atoms with van der Waals surface area (Å²) in [4.78, 5) is 21.1. The summed E-state index contributed by atoms with van der Waals surface area (Å²) in [6, 6.07) is 6.10. The molecule has 2 aromatic heterocycles. The van der Waals surface area contributed by atoms with Gasteiger partial charge in [0.25, 0.3) is 0 Å². The SMILES string of the molecule is CC(NCc1nccn1C)c1ccc2[nH]c(=O)[nH]c2c1. The van der Waals surface area contributed by atoms with Crippen LogP contribution in [-0.2, 0) is 13.6 Å². The Morgan fingerprint density at radius 1 is 1.35 bits per heavy atom. The zero-order valence-electron chi connectivity index (χ0n) is 11.5. The fourth-order valence-corrected chi connectivity index (χ4v) is 2.25. The summed E-state index contributed by atoms with van der Waals surface area (Å²) in [5.41, 5.74) is 2.61. The molecule has 0 bridgehead atoms. The maximum Gasteiger partial charge on any atom is 0.323 e. The molecule has 0 radical (unpaired) electrons. The summed E-state index contributed by atoms with van der Waals surface area (Å²) >= 11 is 0. The van der Waals surface area contributed by atoms with Crippen molar-refractivity contribution in [3.05, 3.63) is 52.5 Å². The van der Waals surface area contributed by atoms with Gasteiger partial charge in [0.15, 0.2) is 0 Å². The van der Waals surface area contributed by atoms with Crippen LogP contribution in [0.5, 0.6) is 0 Å². The Bertz CT molecular complexity index is 782. The van der Waals surface area contributed by atoms with Gasteiger partial charge in [0, 0.05) is 25.5 Å². The van der Waals surface area contributed by atoms with Gasteiger partial charge in [-0.25, -0.2) is 9.78 Å². The quantitative estimate of drug-likeness (QED) is 0.672. The standard InChI is InChI=1S/C14H17N5O/c1-9(16-8-13-15-5-6-19(13)2)10-3-4-11-12(7-10)18-14(20)17-11/h3-7,9,16H,8H2,1-2H3,(H2,17,18,20). The molecule has 0 fully saturated rings. The number of fused-ring (bicyclic) bond motifs is 1. The van der Waals surface area contributed by atoms with Crippen LogP contribution >= 0.6 is 0 Å². The van der Waals surface area contributed by atoms with Crippen molar-refractivity contribution in [2.24, 2.45) is 7.05 Å². The number of imidazole rings is 2. The molecule has 0 spiro atoms. The van der Waals surface area contributed by atoms with Crippen molar-refractivity contribution in [1.82, 2.24) is 24.8 Å². The highest BCUT2D eigenvalue weighted by molar-refractivity contribution is 5.75. The monoisotopic (exact) mass is 271 g/mol. The third-order valence-corrected chi connectivity index (χ3v) is 3.53. The average molecular weight is 271 g/mol. The van der Waals surface area contributed by atoms with Gasteiger partial charge in [0.05, 0.1) is 17.6 Å². The van der Waals surface area contributed by atoms with E-state index >= 15 is 0 Å². The number of rotatable bonds is 4. The Morgan fingerprint density at radius 3 is 2.90 bits per heavy atom. The molecule has 20 heavy (non-hydrogen) atoms. The van der Waals surface area contributed by atoms with E-state index in [1.807, 2.05) is 36.0 Å². The minimum absolute atomic E-state index is 0.175. The Morgan fingerprint density at radius 2 is 2.15 bits per heavy atom. The third-order valence-electron chi connectivity index (χ3n) is 3.53. The Labute approximate surface area is 115 Å². The van der Waals surface area contributed by atoms with Crippen LogP contribution in [0.4, 0.5) is 0 Å². The maximum absolute atomic E-state index is 11.3. The molecule has 1 atom stereocenters. The van der Waals surface area contributed by atoms with Crippen LogP contribution < -0.4 is 11.0 Å². The number of aryl methyl sites for hydroxylation is 1. The van der Waals surface area contributed by atoms with Crippen molar-refractivity contribution in [3.63, 3.8) is 0 Å². The van der Waals surface area contributed by atoms with Crippen LogP contribution in [0.1, 0.15) is 24.4 Å². The molecular weight excluding hydrogens is 254 g/mol. The van der Waals surface area contributed by atoms with E-state index in [4.69, 9.17) is 0 Å². The lowest BCUT2D eigenvalue weighted by atomic mass is 10.1. The first-order valence-corrected chi connectivity index (χ1v) is 6.55. The molecule has 0 aliphatic heterocycles. The Balaban J connectivity index is 1.76. The molecule has 1 aromatic carbocycles. The van der Waals surface area contributed by atoms with Gasteiger partial charge in [0.2, 0.25) is 0 Å². The van der Waals surface area contributed by atoms with Crippen molar-refractivity contribution in [2.45, 2.75) is 19.5 Å². The second-order valence-electron chi connectivity index (χ2n) is 4.94. The Kier molecular flexibility index (Phi) is 3.15. The van der Waals surface area contributed by atoms with E-state index in [9.17, 15) is 4.79 Å². The van der Waals surface area contributed by atoms with E-state index in [0.717, 1.165) is 22.4 Å². The molecule has 0 aliphatic rings. The summed E-state index contributed by atoms with van der Waals surface area (Å²) in [5, 5.41) is 3.43. The normalized spacial score (nSPS) is 12.9. The molecule has 3 N–H and O–H groups in total. The first-order valence-electron chi connectivity index (χ1n) is 6.55. The largest absolute Gasteiger partial charge is 0.337 e. The van der Waals surface area contributed by atoms with Crippen LogP contribution in [0.25, 0.3) is 11.0 Å². The van der Waals surface area contributed by atoms with E-state index in [1.165, 1.54) is 0 Å². The van der Waals surface area contributed by atoms with Crippen molar-refractivity contribution in [3.8, 4) is 0 Å². The van der Waals surface area contributed by atoms with E-state index in [-0.39, 0.29) is 11.7 Å². The summed E-state index contributed by atoms with van der Waals surface area (Å²) in [7, 11) is 1.98. The molecule has 1 unspecified atom stereocenters. The maximum atomic E-state index is 11.3. The Hall–Kier alpha value is -2.34. The molecule has 2 heterocycles. The van der Waals surface area contributed by atoms with Crippen LogP contribution in [-0.4, -0.2) is 19.5 Å². The van der Waals surface area contributed by atoms with E-state index in [2.05, 4.69) is 27.2 Å². The van der Waals surface area contributed by atoms with Crippen molar-refractivity contribution in [1.29, 1.82) is 0 Å². The molecule has 6 nitrogen and oxygen atoms in total. The summed E-state index contributed by atoms with van der Waals surface area (Å²) in [5.74, 6) is 0.993. The van der Waals surface area contributed by atoms with E-state index < -0.39 is 0 Å². The number of benzene rings is 1. The number of hydrogen-bond donors (Lipinski definition) is 3. The molecule has 3 rings (SSSR count). The molecule has 0 amide bonds. The fourth-order valence-electron chi connectivity index (χ4n) is 2.25. The van der Waals surface area contributed by atoms with Crippen molar-refractivity contribution < 1.29 is 0 Å². The van der Waals surface area contributed by atoms with Crippen LogP contribution in [0.15, 0.2) is 35.4 Å². The highest BCUT2D eigenvalue weighted by Crippen LogP contribution is 2.17. The van der Waals surface area contributed by atoms with E-state index in [1.54, 1.807) is 6.20 Å². The van der Waals surface area contributed by atoms with Crippen LogP contribution in [0.2, 0.25) is 0 Å². The summed E-state index contributed by atoms with van der Waals surface area (Å²) in [6.07, 6.45) is 3.72. The number of hydrogen-bond acceptors (Lipinski definition) is 3. The smallest absolute Gasteiger partial charge is 0.323 e. The van der Waals surface area contributed by atoms with Gasteiger partial charge < -0.3 is 19.9 Å². The molecule has 0 saturated carbocycles. The second kappa shape index (κ2) is 4.97. The number of aromatic amines is 2. The van der Waals surface area contributed by atoms with Gasteiger partial charge in [-0.05, 0) is 24.6 Å². The number of nitrogens with zero attached hydrogens (tertiary/aromatic N) is 2.